The van der Waals surface area contributed by atoms with Gasteiger partial charge in [-0.1, -0.05) is 0 Å². The Morgan fingerprint density at radius 3 is 2.95 bits per heavy atom. The number of thiazole rings is 1. The fourth-order valence-electron chi connectivity index (χ4n) is 1.48. The molecule has 2 heterocycles. The van der Waals surface area contributed by atoms with Crippen LogP contribution in [0, 0.1) is 6.92 Å². The molecule has 0 aliphatic rings. The predicted molar refractivity (Wildman–Crippen MR) is 71.3 cm³/mol. The average Bonchev–Trinajstić information content (AvgIpc) is 2.98. The number of esters is 1. The number of hydrogen-bond acceptors (Lipinski definition) is 7. The van der Waals surface area contributed by atoms with Crippen LogP contribution in [0.4, 0.5) is 5.13 Å². The van der Waals surface area contributed by atoms with E-state index in [4.69, 9.17) is 4.74 Å². The first-order valence-corrected chi connectivity index (χ1v) is 6.69. The fraction of sp³-hybridized carbons (Fsp3) is 0.455. The van der Waals surface area contributed by atoms with Crippen LogP contribution in [0.15, 0.2) is 5.38 Å². The monoisotopic (exact) mass is 281 g/mol. The summed E-state index contributed by atoms with van der Waals surface area (Å²) in [6, 6.07) is 0. The Hall–Kier alpha value is -1.96. The molecule has 0 aliphatic carbocycles. The summed E-state index contributed by atoms with van der Waals surface area (Å²) in [6.07, 6.45) is 0. The Labute approximate surface area is 114 Å². The van der Waals surface area contributed by atoms with Gasteiger partial charge in [0.15, 0.2) is 16.6 Å². The first-order valence-electron chi connectivity index (χ1n) is 5.81. The number of hydrogen-bond donors (Lipinski definition) is 1. The van der Waals surface area contributed by atoms with Gasteiger partial charge < -0.3 is 9.64 Å². The molecule has 2 rings (SSSR count). The highest BCUT2D eigenvalue weighted by atomic mass is 32.1. The van der Waals surface area contributed by atoms with Crippen LogP contribution in [-0.4, -0.2) is 39.8 Å². The molecule has 0 atom stereocenters. The van der Waals surface area contributed by atoms with Gasteiger partial charge in [0.25, 0.3) is 0 Å². The Morgan fingerprint density at radius 1 is 1.53 bits per heavy atom. The smallest absolute Gasteiger partial charge is 0.357 e. The van der Waals surface area contributed by atoms with E-state index in [-0.39, 0.29) is 0 Å². The number of carbonyl (C=O) groups excluding carboxylic acids is 1. The number of nitrogens with zero attached hydrogens (tertiary/aromatic N) is 4. The number of aromatic nitrogens is 4. The number of aromatic amines is 1. The highest BCUT2D eigenvalue weighted by Crippen LogP contribution is 2.20. The Bertz CT molecular complexity index is 565. The topological polar surface area (TPSA) is 84.0 Å². The number of rotatable bonds is 5. The fourth-order valence-corrected chi connectivity index (χ4v) is 2.24. The van der Waals surface area contributed by atoms with Crippen LogP contribution in [-0.2, 0) is 11.3 Å². The molecule has 0 fully saturated rings. The third-order valence-electron chi connectivity index (χ3n) is 2.33. The number of nitrogens with one attached hydrogen (secondary N) is 1. The summed E-state index contributed by atoms with van der Waals surface area (Å²) in [5.74, 6) is 1.06. The van der Waals surface area contributed by atoms with Crippen molar-refractivity contribution >= 4 is 22.4 Å². The second-order valence-electron chi connectivity index (χ2n) is 3.93. The van der Waals surface area contributed by atoms with Crippen molar-refractivity contribution in [3.63, 3.8) is 0 Å². The molecule has 0 amide bonds. The van der Waals surface area contributed by atoms with Crippen molar-refractivity contribution in [2.45, 2.75) is 20.4 Å². The first kappa shape index (κ1) is 13.5. The lowest BCUT2D eigenvalue weighted by Crippen LogP contribution is -2.17. The number of H-pyrrole nitrogens is 1. The quantitative estimate of drug-likeness (QED) is 0.834. The molecular weight excluding hydrogens is 266 g/mol. The molecule has 0 aromatic carbocycles. The lowest BCUT2D eigenvalue weighted by atomic mass is 10.5. The van der Waals surface area contributed by atoms with E-state index in [0.717, 1.165) is 11.0 Å². The van der Waals surface area contributed by atoms with Crippen LogP contribution < -0.4 is 4.90 Å². The van der Waals surface area contributed by atoms with Crippen LogP contribution in [0.5, 0.6) is 0 Å². The summed E-state index contributed by atoms with van der Waals surface area (Å²) in [5.41, 5.74) is 0.333. The van der Waals surface area contributed by atoms with Crippen molar-refractivity contribution in [1.82, 2.24) is 20.2 Å². The van der Waals surface area contributed by atoms with E-state index in [9.17, 15) is 4.79 Å². The maximum atomic E-state index is 11.5. The van der Waals surface area contributed by atoms with E-state index in [1.54, 1.807) is 12.3 Å². The molecule has 8 heteroatoms. The zero-order valence-corrected chi connectivity index (χ0v) is 11.8. The zero-order chi connectivity index (χ0) is 13.8. The highest BCUT2D eigenvalue weighted by Gasteiger charge is 2.15. The van der Waals surface area contributed by atoms with Crippen molar-refractivity contribution in [2.75, 3.05) is 18.6 Å². The van der Waals surface area contributed by atoms with Crippen LogP contribution in [0.2, 0.25) is 0 Å². The summed E-state index contributed by atoms with van der Waals surface area (Å²) in [4.78, 5) is 21.9. The maximum Gasteiger partial charge on any atom is 0.357 e. The molecule has 0 aliphatic heterocycles. The molecule has 0 bridgehead atoms. The molecule has 102 valence electrons. The molecule has 0 spiro atoms. The summed E-state index contributed by atoms with van der Waals surface area (Å²) >= 11 is 1.39. The van der Waals surface area contributed by atoms with E-state index in [1.807, 2.05) is 18.9 Å². The minimum Gasteiger partial charge on any atom is -0.461 e. The van der Waals surface area contributed by atoms with Gasteiger partial charge in [0.1, 0.15) is 5.82 Å². The molecule has 2 aromatic heterocycles. The number of anilines is 1. The minimum absolute atomic E-state index is 0.333. The third-order valence-corrected chi connectivity index (χ3v) is 3.28. The van der Waals surface area contributed by atoms with Crippen molar-refractivity contribution < 1.29 is 9.53 Å². The van der Waals surface area contributed by atoms with Gasteiger partial charge in [0.2, 0.25) is 0 Å². The summed E-state index contributed by atoms with van der Waals surface area (Å²) < 4.78 is 4.90. The number of aryl methyl sites for hydroxylation is 1. The van der Waals surface area contributed by atoms with Gasteiger partial charge in [0, 0.05) is 12.4 Å². The molecule has 0 saturated heterocycles. The predicted octanol–water partition coefficient (Wildman–Crippen LogP) is 1.38. The highest BCUT2D eigenvalue weighted by molar-refractivity contribution is 7.13. The van der Waals surface area contributed by atoms with Gasteiger partial charge in [-0.2, -0.15) is 5.10 Å². The zero-order valence-electron chi connectivity index (χ0n) is 11.0. The van der Waals surface area contributed by atoms with Crippen molar-refractivity contribution in [3.05, 3.63) is 22.7 Å². The summed E-state index contributed by atoms with van der Waals surface area (Å²) in [5, 5.41) is 9.26. The molecule has 0 radical (unpaired) electrons. The van der Waals surface area contributed by atoms with Crippen LogP contribution in [0.25, 0.3) is 0 Å². The standard InChI is InChI=1S/C11H15N5O2S/c1-4-18-10(17)8-6-19-11(13-8)16(3)5-9-12-7(2)14-15-9/h6H,4-5H2,1-3H3,(H,12,14,15). The molecule has 2 aromatic rings. The molecule has 0 unspecified atom stereocenters. The third kappa shape index (κ3) is 3.28. The van der Waals surface area contributed by atoms with E-state index < -0.39 is 5.97 Å². The number of ether oxygens (including phenoxy) is 1. The lowest BCUT2D eigenvalue weighted by molar-refractivity contribution is 0.0520. The molecule has 1 N–H and O–H groups in total. The SMILES string of the molecule is CCOC(=O)c1csc(N(C)Cc2n[nH]c(C)n2)n1. The Balaban J connectivity index is 2.03. The molecule has 7 nitrogen and oxygen atoms in total. The summed E-state index contributed by atoms with van der Waals surface area (Å²) in [6.45, 7) is 4.49. The molecule has 0 saturated carbocycles. The van der Waals surface area contributed by atoms with E-state index in [2.05, 4.69) is 20.2 Å². The van der Waals surface area contributed by atoms with Crippen LogP contribution in [0.1, 0.15) is 29.1 Å². The van der Waals surface area contributed by atoms with Gasteiger partial charge in [-0.3, -0.25) is 5.10 Å². The Kier molecular flexibility index (Phi) is 4.10. The second-order valence-corrected chi connectivity index (χ2v) is 4.77. The van der Waals surface area contributed by atoms with Crippen molar-refractivity contribution in [2.24, 2.45) is 0 Å². The largest absolute Gasteiger partial charge is 0.461 e. The van der Waals surface area contributed by atoms with Crippen LogP contribution >= 0.6 is 11.3 Å². The van der Waals surface area contributed by atoms with Crippen molar-refractivity contribution in [1.29, 1.82) is 0 Å². The van der Waals surface area contributed by atoms with Gasteiger partial charge in [-0.05, 0) is 13.8 Å². The number of carbonyl (C=O) groups is 1. The summed E-state index contributed by atoms with van der Waals surface area (Å²) in [7, 11) is 1.87. The average molecular weight is 281 g/mol. The maximum absolute atomic E-state index is 11.5. The Morgan fingerprint density at radius 2 is 2.32 bits per heavy atom. The van der Waals surface area contributed by atoms with Gasteiger partial charge >= 0.3 is 5.97 Å². The normalized spacial score (nSPS) is 10.5. The van der Waals surface area contributed by atoms with E-state index in [0.29, 0.717) is 24.7 Å². The van der Waals surface area contributed by atoms with Crippen molar-refractivity contribution in [3.8, 4) is 0 Å². The minimum atomic E-state index is -0.396. The van der Waals surface area contributed by atoms with Gasteiger partial charge in [0.05, 0.1) is 13.2 Å². The molecular formula is C11H15N5O2S. The van der Waals surface area contributed by atoms with E-state index >= 15 is 0 Å². The van der Waals surface area contributed by atoms with Gasteiger partial charge in [-0.25, -0.2) is 14.8 Å². The van der Waals surface area contributed by atoms with Crippen LogP contribution in [0.3, 0.4) is 0 Å². The lowest BCUT2D eigenvalue weighted by Gasteiger charge is -2.12. The van der Waals surface area contributed by atoms with E-state index in [1.165, 1.54) is 11.3 Å². The molecule has 19 heavy (non-hydrogen) atoms. The first-order chi connectivity index (χ1) is 9.10. The second kappa shape index (κ2) is 5.79. The van der Waals surface area contributed by atoms with Gasteiger partial charge in [-0.15, -0.1) is 11.3 Å².